The Morgan fingerprint density at radius 1 is 0.758 bits per heavy atom. The minimum absolute atomic E-state index is 0.0321. The smallest absolute Gasteiger partial charge is 0.262 e. The van der Waals surface area contributed by atoms with Crippen LogP contribution in [0, 0.1) is 27.6 Å². The first-order chi connectivity index (χ1) is 29.6. The molecule has 0 aromatic heterocycles. The molecule has 0 bridgehead atoms. The maximum atomic E-state index is 14.0. The monoisotopic (exact) mass is 857 g/mol. The lowest BCUT2D eigenvalue weighted by molar-refractivity contribution is -0.199. The van der Waals surface area contributed by atoms with Crippen LogP contribution in [0.4, 0.5) is 11.4 Å². The van der Waals surface area contributed by atoms with Crippen molar-refractivity contribution in [3.05, 3.63) is 87.4 Å². The molecular formula is C48H52ClN7O6. The van der Waals surface area contributed by atoms with Gasteiger partial charge < -0.3 is 19.4 Å². The number of anilines is 2. The number of piperazine rings is 1. The Hall–Kier alpha value is -5.45. The van der Waals surface area contributed by atoms with Crippen molar-refractivity contribution in [3.63, 3.8) is 0 Å². The lowest BCUT2D eigenvalue weighted by atomic mass is 9.49. The van der Waals surface area contributed by atoms with Crippen LogP contribution in [-0.2, 0) is 16.1 Å². The van der Waals surface area contributed by atoms with Gasteiger partial charge in [0.25, 0.3) is 17.7 Å². The molecule has 3 saturated heterocycles. The number of fused-ring (bicyclic) bond motifs is 2. The van der Waals surface area contributed by atoms with Crippen molar-refractivity contribution in [1.29, 1.82) is 5.26 Å². The van der Waals surface area contributed by atoms with Gasteiger partial charge in [-0.1, -0.05) is 39.3 Å². The van der Waals surface area contributed by atoms with Gasteiger partial charge in [0.1, 0.15) is 24.0 Å². The first-order valence-corrected chi connectivity index (χ1v) is 22.4. The summed E-state index contributed by atoms with van der Waals surface area (Å²) < 4.78 is 6.51. The van der Waals surface area contributed by atoms with Crippen LogP contribution in [0.1, 0.15) is 108 Å². The van der Waals surface area contributed by atoms with Crippen LogP contribution in [-0.4, -0.2) is 108 Å². The number of halogens is 1. The topological polar surface area (TPSA) is 147 Å². The molecule has 5 heterocycles. The van der Waals surface area contributed by atoms with E-state index < -0.39 is 23.8 Å². The van der Waals surface area contributed by atoms with Crippen molar-refractivity contribution >= 4 is 52.5 Å². The average Bonchev–Trinajstić information content (AvgIpc) is 3.68. The maximum absolute atomic E-state index is 14.0. The van der Waals surface area contributed by atoms with E-state index in [-0.39, 0.29) is 47.6 Å². The molecule has 1 atom stereocenters. The zero-order valence-electron chi connectivity index (χ0n) is 35.7. The molecule has 322 valence electrons. The van der Waals surface area contributed by atoms with Crippen molar-refractivity contribution < 1.29 is 28.7 Å². The number of carbonyl (C=O) groups excluding carboxylic acids is 5. The number of nitrogens with one attached hydrogen (secondary N) is 1. The van der Waals surface area contributed by atoms with Gasteiger partial charge in [-0.25, -0.2) is 0 Å². The highest BCUT2D eigenvalue weighted by Gasteiger charge is 2.67. The van der Waals surface area contributed by atoms with Gasteiger partial charge in [0.05, 0.1) is 21.7 Å². The third-order valence-electron chi connectivity index (χ3n) is 15.5. The largest absolute Gasteiger partial charge is 0.489 e. The van der Waals surface area contributed by atoms with Crippen molar-refractivity contribution in [2.75, 3.05) is 49.1 Å². The first kappa shape index (κ1) is 40.6. The summed E-state index contributed by atoms with van der Waals surface area (Å²) in [7, 11) is 0. The number of piperidine rings is 2. The molecule has 1 N–H and O–H groups in total. The zero-order chi connectivity index (χ0) is 43.5. The van der Waals surface area contributed by atoms with Crippen molar-refractivity contribution in [3.8, 4) is 11.8 Å². The third-order valence-corrected chi connectivity index (χ3v) is 15.8. The van der Waals surface area contributed by atoms with Crippen LogP contribution in [0.15, 0.2) is 54.6 Å². The van der Waals surface area contributed by atoms with E-state index in [0.29, 0.717) is 45.5 Å². The first-order valence-electron chi connectivity index (χ1n) is 22.0. The number of benzene rings is 3. The lowest BCUT2D eigenvalue weighted by Gasteiger charge is -2.65. The summed E-state index contributed by atoms with van der Waals surface area (Å²) in [4.78, 5) is 75.2. The zero-order valence-corrected chi connectivity index (χ0v) is 36.5. The minimum Gasteiger partial charge on any atom is -0.489 e. The van der Waals surface area contributed by atoms with Crippen LogP contribution < -0.4 is 19.9 Å². The van der Waals surface area contributed by atoms with Gasteiger partial charge in [-0.3, -0.25) is 39.1 Å². The Labute approximate surface area is 366 Å². The minimum atomic E-state index is -0.968. The van der Waals surface area contributed by atoms with Crippen molar-refractivity contribution in [2.24, 2.45) is 16.2 Å². The van der Waals surface area contributed by atoms with E-state index in [1.807, 2.05) is 17.0 Å². The number of imide groups is 2. The number of amides is 5. The fraction of sp³-hybridized carbons (Fsp3) is 0.500. The SMILES string of the molecule is CC1(C)C(Oc2ccc(C#N)c(Cl)c2)C(C)(C)C1N1Cc2cc(N3CCN(C4CC5(CCN(c6ccc7c(c6)C(=O)N(C6CCC(=O)NC6=O)C7=O)CC5)C4)CC3)ccc2C1=O. The van der Waals surface area contributed by atoms with Crippen LogP contribution in [0.25, 0.3) is 0 Å². The number of nitrogens with zero attached hydrogens (tertiary/aromatic N) is 6. The fourth-order valence-electron chi connectivity index (χ4n) is 12.6. The predicted molar refractivity (Wildman–Crippen MR) is 232 cm³/mol. The van der Waals surface area contributed by atoms with Gasteiger partial charge in [-0.05, 0) is 91.6 Å². The summed E-state index contributed by atoms with van der Waals surface area (Å²) >= 11 is 6.32. The number of carbonyl (C=O) groups is 5. The van der Waals surface area contributed by atoms with Gasteiger partial charge >= 0.3 is 0 Å². The molecule has 0 radical (unpaired) electrons. The molecule has 13 nitrogen and oxygen atoms in total. The Bertz CT molecular complexity index is 2460. The maximum Gasteiger partial charge on any atom is 0.262 e. The summed E-state index contributed by atoms with van der Waals surface area (Å²) in [5.74, 6) is -1.24. The van der Waals surface area contributed by atoms with Crippen LogP contribution in [0.3, 0.4) is 0 Å². The molecule has 2 saturated carbocycles. The number of hydrogen-bond acceptors (Lipinski definition) is 10. The molecule has 62 heavy (non-hydrogen) atoms. The molecule has 2 aliphatic carbocycles. The highest BCUT2D eigenvalue weighted by atomic mass is 35.5. The molecule has 10 rings (SSSR count). The lowest BCUT2D eigenvalue weighted by Crippen LogP contribution is -2.74. The average molecular weight is 858 g/mol. The molecule has 1 unspecified atom stereocenters. The summed E-state index contributed by atoms with van der Waals surface area (Å²) in [6.07, 6.45) is 4.62. The van der Waals surface area contributed by atoms with Gasteiger partial charge in [-0.15, -0.1) is 0 Å². The summed E-state index contributed by atoms with van der Waals surface area (Å²) in [5.41, 5.74) is 4.67. The number of hydrogen-bond donors (Lipinski definition) is 1. The number of nitriles is 1. The van der Waals surface area contributed by atoms with E-state index in [0.717, 1.165) is 73.8 Å². The van der Waals surface area contributed by atoms with Crippen molar-refractivity contribution in [2.45, 2.75) is 97.0 Å². The summed E-state index contributed by atoms with van der Waals surface area (Å²) in [6.45, 7) is 14.9. The molecule has 5 amide bonds. The second-order valence-corrected chi connectivity index (χ2v) is 20.2. The van der Waals surface area contributed by atoms with E-state index >= 15 is 0 Å². The summed E-state index contributed by atoms with van der Waals surface area (Å²) in [6, 6.07) is 18.6. The molecule has 3 aromatic rings. The molecule has 5 aliphatic heterocycles. The van der Waals surface area contributed by atoms with Crippen LogP contribution >= 0.6 is 11.6 Å². The van der Waals surface area contributed by atoms with Gasteiger partial charge in [0.2, 0.25) is 11.8 Å². The Balaban J connectivity index is 0.713. The molecule has 14 heteroatoms. The summed E-state index contributed by atoms with van der Waals surface area (Å²) in [5, 5.41) is 11.9. The van der Waals surface area contributed by atoms with E-state index in [2.05, 4.69) is 65.9 Å². The van der Waals surface area contributed by atoms with E-state index in [1.165, 1.54) is 18.5 Å². The van der Waals surface area contributed by atoms with Crippen molar-refractivity contribution in [1.82, 2.24) is 20.0 Å². The molecular weight excluding hydrogens is 806 g/mol. The van der Waals surface area contributed by atoms with Gasteiger partial charge in [0.15, 0.2) is 0 Å². The third kappa shape index (κ3) is 6.38. The van der Waals surface area contributed by atoms with Crippen LogP contribution in [0.2, 0.25) is 5.02 Å². The molecule has 3 aromatic carbocycles. The van der Waals surface area contributed by atoms with E-state index in [1.54, 1.807) is 30.3 Å². The molecule has 5 fully saturated rings. The van der Waals surface area contributed by atoms with E-state index in [9.17, 15) is 29.2 Å². The second kappa shape index (κ2) is 14.6. The Morgan fingerprint density at radius 3 is 2.06 bits per heavy atom. The predicted octanol–water partition coefficient (Wildman–Crippen LogP) is 6.02. The second-order valence-electron chi connectivity index (χ2n) is 19.8. The standard InChI is InChI=1S/C48H52ClN7O6/c1-46(2)44(47(3,4)45(46)62-33-8-5-28(26-50)37(49)23-33)55-27-29-21-30(6-9-34(29)41(55)59)53-17-19-54(20-18-53)32-24-48(25-32)13-15-52(16-14-48)31-7-10-35-36(22-31)43(61)56(42(35)60)38-11-12-39(57)51-40(38)58/h5-10,21-23,32,38,44-45H,11-20,24-25,27H2,1-4H3,(H,51,57,58). The van der Waals surface area contributed by atoms with Gasteiger partial charge in [0, 0.05) is 98.2 Å². The normalized spacial score (nSPS) is 26.5. The quantitative estimate of drug-likeness (QED) is 0.280. The Morgan fingerprint density at radius 2 is 1.40 bits per heavy atom. The number of ether oxygens (including phenoxy) is 1. The number of rotatable bonds is 7. The molecule has 1 spiro atoms. The molecule has 7 aliphatic rings. The fourth-order valence-corrected chi connectivity index (χ4v) is 12.8. The van der Waals surface area contributed by atoms with E-state index in [4.69, 9.17) is 16.3 Å². The highest BCUT2D eigenvalue weighted by Crippen LogP contribution is 2.59. The Kier molecular flexibility index (Phi) is 9.54. The van der Waals surface area contributed by atoms with Crippen LogP contribution in [0.5, 0.6) is 5.75 Å². The van der Waals surface area contributed by atoms with Gasteiger partial charge in [-0.2, -0.15) is 5.26 Å². The highest BCUT2D eigenvalue weighted by molar-refractivity contribution is 6.31.